The Labute approximate surface area is 122 Å². The minimum atomic E-state index is 0.320. The molecule has 20 heavy (non-hydrogen) atoms. The van der Waals surface area contributed by atoms with E-state index in [4.69, 9.17) is 0 Å². The van der Waals surface area contributed by atoms with Gasteiger partial charge in [-0.3, -0.25) is 9.69 Å². The van der Waals surface area contributed by atoms with Crippen LogP contribution in [-0.4, -0.2) is 60.5 Å². The van der Waals surface area contributed by atoms with Crippen LogP contribution < -0.4 is 5.32 Å². The lowest BCUT2D eigenvalue weighted by Crippen LogP contribution is -2.51. The highest BCUT2D eigenvalue weighted by atomic mass is 16.2. The largest absolute Gasteiger partial charge is 0.340 e. The third-order valence-corrected chi connectivity index (χ3v) is 5.30. The quantitative estimate of drug-likeness (QED) is 0.849. The van der Waals surface area contributed by atoms with Crippen LogP contribution in [0.2, 0.25) is 0 Å². The van der Waals surface area contributed by atoms with Gasteiger partial charge in [-0.05, 0) is 51.6 Å². The number of nitrogens with zero attached hydrogens (tertiary/aromatic N) is 2. The summed E-state index contributed by atoms with van der Waals surface area (Å²) in [5.41, 5.74) is 0. The van der Waals surface area contributed by atoms with Crippen molar-refractivity contribution < 1.29 is 4.79 Å². The Balaban J connectivity index is 1.44. The first kappa shape index (κ1) is 14.3. The highest BCUT2D eigenvalue weighted by molar-refractivity contribution is 5.78. The van der Waals surface area contributed by atoms with Crippen LogP contribution >= 0.6 is 0 Å². The van der Waals surface area contributed by atoms with Crippen LogP contribution in [0.1, 0.15) is 51.4 Å². The summed E-state index contributed by atoms with van der Waals surface area (Å²) in [6, 6.07) is 1.22. The highest BCUT2D eigenvalue weighted by Crippen LogP contribution is 2.21. The number of rotatable bonds is 4. The van der Waals surface area contributed by atoms with Crippen molar-refractivity contribution in [1.82, 2.24) is 15.1 Å². The van der Waals surface area contributed by atoms with Gasteiger partial charge in [0.05, 0.1) is 6.54 Å². The monoisotopic (exact) mass is 279 g/mol. The van der Waals surface area contributed by atoms with Crippen molar-refractivity contribution in [2.24, 2.45) is 0 Å². The Morgan fingerprint density at radius 2 is 1.70 bits per heavy atom. The topological polar surface area (TPSA) is 35.6 Å². The molecular formula is C16H29N3O. The fourth-order valence-electron chi connectivity index (χ4n) is 4.06. The maximum absolute atomic E-state index is 12.4. The van der Waals surface area contributed by atoms with Gasteiger partial charge in [0.1, 0.15) is 0 Å². The molecule has 114 valence electrons. The molecule has 0 bridgehead atoms. The third kappa shape index (κ3) is 3.53. The molecule has 1 atom stereocenters. The zero-order valence-electron chi connectivity index (χ0n) is 12.6. The van der Waals surface area contributed by atoms with Crippen molar-refractivity contribution in [2.75, 3.05) is 32.7 Å². The van der Waals surface area contributed by atoms with E-state index in [1.54, 1.807) is 0 Å². The Hall–Kier alpha value is -0.610. The number of carbonyl (C=O) groups excluding carboxylic acids is 1. The van der Waals surface area contributed by atoms with E-state index in [0.29, 0.717) is 24.5 Å². The Morgan fingerprint density at radius 1 is 0.950 bits per heavy atom. The first-order valence-corrected chi connectivity index (χ1v) is 8.58. The van der Waals surface area contributed by atoms with Gasteiger partial charge in [0, 0.05) is 25.2 Å². The third-order valence-electron chi connectivity index (χ3n) is 5.30. The molecule has 3 rings (SSSR count). The van der Waals surface area contributed by atoms with Crippen LogP contribution in [0.5, 0.6) is 0 Å². The molecule has 1 amide bonds. The lowest BCUT2D eigenvalue weighted by molar-refractivity contribution is -0.132. The number of carbonyl (C=O) groups is 1. The van der Waals surface area contributed by atoms with Gasteiger partial charge in [-0.25, -0.2) is 0 Å². The zero-order chi connectivity index (χ0) is 13.8. The number of likely N-dealkylation sites (tertiary alicyclic amines) is 2. The summed E-state index contributed by atoms with van der Waals surface area (Å²) < 4.78 is 0. The van der Waals surface area contributed by atoms with E-state index in [9.17, 15) is 4.79 Å². The number of piperidine rings is 1. The Morgan fingerprint density at radius 3 is 2.45 bits per heavy atom. The molecule has 3 aliphatic rings. The molecule has 0 aromatic heterocycles. The maximum atomic E-state index is 12.4. The molecule has 4 heteroatoms. The number of hydrogen-bond donors (Lipinski definition) is 1. The van der Waals surface area contributed by atoms with Gasteiger partial charge in [-0.15, -0.1) is 0 Å². The molecule has 2 aliphatic heterocycles. The van der Waals surface area contributed by atoms with Crippen molar-refractivity contribution >= 4 is 5.91 Å². The second kappa shape index (κ2) is 6.90. The van der Waals surface area contributed by atoms with Gasteiger partial charge in [0.15, 0.2) is 0 Å². The summed E-state index contributed by atoms with van der Waals surface area (Å²) >= 11 is 0. The predicted octanol–water partition coefficient (Wildman–Crippen LogP) is 1.61. The molecule has 2 saturated heterocycles. The lowest BCUT2D eigenvalue weighted by Gasteiger charge is -2.37. The lowest BCUT2D eigenvalue weighted by atomic mass is 10.0. The smallest absolute Gasteiger partial charge is 0.236 e. The molecule has 3 fully saturated rings. The van der Waals surface area contributed by atoms with E-state index in [1.807, 2.05) is 0 Å². The zero-order valence-corrected chi connectivity index (χ0v) is 12.6. The molecule has 1 unspecified atom stereocenters. The average Bonchev–Trinajstić information content (AvgIpc) is 3.18. The summed E-state index contributed by atoms with van der Waals surface area (Å²) in [5.74, 6) is 0.320. The van der Waals surface area contributed by atoms with Gasteiger partial charge in [-0.2, -0.15) is 0 Å². The standard InChI is InChI=1S/C16H29N3O/c20-16(12-17-14-6-1-2-7-14)19-11-5-8-15(13-19)18-9-3-4-10-18/h14-15,17H,1-13H2. The Kier molecular flexibility index (Phi) is 4.94. The summed E-state index contributed by atoms with van der Waals surface area (Å²) in [7, 11) is 0. The van der Waals surface area contributed by atoms with E-state index in [2.05, 4.69) is 15.1 Å². The van der Waals surface area contributed by atoms with Crippen LogP contribution in [0.15, 0.2) is 0 Å². The second-order valence-corrected chi connectivity index (χ2v) is 6.74. The van der Waals surface area contributed by atoms with Gasteiger partial charge in [0.2, 0.25) is 5.91 Å². The van der Waals surface area contributed by atoms with Gasteiger partial charge in [-0.1, -0.05) is 12.8 Å². The molecule has 0 spiro atoms. The molecule has 1 N–H and O–H groups in total. The fraction of sp³-hybridized carbons (Fsp3) is 0.938. The predicted molar refractivity (Wildman–Crippen MR) is 80.7 cm³/mol. The molecule has 0 aromatic carbocycles. The van der Waals surface area contributed by atoms with Crippen LogP contribution in [0, 0.1) is 0 Å². The second-order valence-electron chi connectivity index (χ2n) is 6.74. The van der Waals surface area contributed by atoms with Crippen molar-refractivity contribution in [1.29, 1.82) is 0 Å². The highest BCUT2D eigenvalue weighted by Gasteiger charge is 2.29. The van der Waals surface area contributed by atoms with Crippen molar-refractivity contribution in [3.05, 3.63) is 0 Å². The molecule has 2 heterocycles. The summed E-state index contributed by atoms with van der Waals surface area (Å²) in [6.45, 7) is 4.97. The van der Waals surface area contributed by atoms with Crippen LogP contribution in [0.4, 0.5) is 0 Å². The van der Waals surface area contributed by atoms with Crippen molar-refractivity contribution in [3.8, 4) is 0 Å². The van der Waals surface area contributed by atoms with E-state index in [1.165, 1.54) is 64.5 Å². The van der Waals surface area contributed by atoms with Crippen LogP contribution in [-0.2, 0) is 4.79 Å². The van der Waals surface area contributed by atoms with Crippen molar-refractivity contribution in [2.45, 2.75) is 63.5 Å². The van der Waals surface area contributed by atoms with E-state index < -0.39 is 0 Å². The number of amides is 1. The molecular weight excluding hydrogens is 250 g/mol. The maximum Gasteiger partial charge on any atom is 0.236 e. The molecule has 4 nitrogen and oxygen atoms in total. The number of nitrogens with one attached hydrogen (secondary N) is 1. The first-order valence-electron chi connectivity index (χ1n) is 8.58. The minimum Gasteiger partial charge on any atom is -0.340 e. The SMILES string of the molecule is O=C(CNC1CCCC1)N1CCCC(N2CCCC2)C1. The van der Waals surface area contributed by atoms with E-state index >= 15 is 0 Å². The normalized spacial score (nSPS) is 29.2. The Bertz CT molecular complexity index is 322. The summed E-state index contributed by atoms with van der Waals surface area (Å²) in [4.78, 5) is 17.1. The van der Waals surface area contributed by atoms with Gasteiger partial charge >= 0.3 is 0 Å². The van der Waals surface area contributed by atoms with E-state index in [-0.39, 0.29) is 0 Å². The molecule has 0 aromatic rings. The molecule has 1 saturated carbocycles. The molecule has 1 aliphatic carbocycles. The number of hydrogen-bond acceptors (Lipinski definition) is 3. The van der Waals surface area contributed by atoms with E-state index in [0.717, 1.165) is 13.1 Å². The first-order chi connectivity index (χ1) is 9.83. The van der Waals surface area contributed by atoms with Gasteiger partial charge < -0.3 is 10.2 Å². The fourth-order valence-corrected chi connectivity index (χ4v) is 4.06. The summed E-state index contributed by atoms with van der Waals surface area (Å²) in [6.07, 6.45) is 10.3. The van der Waals surface area contributed by atoms with Crippen molar-refractivity contribution in [3.63, 3.8) is 0 Å². The van der Waals surface area contributed by atoms with Crippen LogP contribution in [0.3, 0.4) is 0 Å². The average molecular weight is 279 g/mol. The van der Waals surface area contributed by atoms with Gasteiger partial charge in [0.25, 0.3) is 0 Å². The molecule has 0 radical (unpaired) electrons. The minimum absolute atomic E-state index is 0.320. The van der Waals surface area contributed by atoms with Crippen LogP contribution in [0.25, 0.3) is 0 Å². The summed E-state index contributed by atoms with van der Waals surface area (Å²) in [5, 5.41) is 3.46.